The van der Waals surface area contributed by atoms with Crippen LogP contribution in [0.5, 0.6) is 11.5 Å². The minimum absolute atomic E-state index is 0.183. The molecule has 0 N–H and O–H groups in total. The summed E-state index contributed by atoms with van der Waals surface area (Å²) in [6.07, 6.45) is 8.95. The van der Waals surface area contributed by atoms with Gasteiger partial charge in [0.05, 0.1) is 6.61 Å². The van der Waals surface area contributed by atoms with Gasteiger partial charge in [-0.2, -0.15) is 0 Å². The van der Waals surface area contributed by atoms with Gasteiger partial charge in [0.1, 0.15) is 17.6 Å². The number of para-hydroxylation sites is 1. The Labute approximate surface area is 166 Å². The molecule has 0 spiro atoms. The van der Waals surface area contributed by atoms with Crippen molar-refractivity contribution in [3.05, 3.63) is 54.4 Å². The molecule has 2 aliphatic rings. The minimum Gasteiger partial charge on any atom is -0.494 e. The van der Waals surface area contributed by atoms with Crippen LogP contribution in [0.2, 0.25) is 0 Å². The molecule has 2 fully saturated rings. The first-order valence-electron chi connectivity index (χ1n) is 10.3. The molecule has 1 aromatic carbocycles. The number of carbonyl (C=O) groups is 1. The highest BCUT2D eigenvalue weighted by Gasteiger charge is 2.43. The van der Waals surface area contributed by atoms with E-state index in [0.29, 0.717) is 25.1 Å². The quantitative estimate of drug-likeness (QED) is 0.728. The Balaban J connectivity index is 1.35. The van der Waals surface area contributed by atoms with E-state index in [0.717, 1.165) is 49.2 Å². The molecule has 0 saturated carbocycles. The summed E-state index contributed by atoms with van der Waals surface area (Å²) in [5, 5.41) is 0. The van der Waals surface area contributed by atoms with E-state index >= 15 is 0 Å². The van der Waals surface area contributed by atoms with Crippen LogP contribution in [0.4, 0.5) is 0 Å². The fourth-order valence-electron chi connectivity index (χ4n) is 4.62. The standard InChI is InChI=1S/C23H28N2O3/c1-2-27-22-6-4-3-5-17(22)7-10-23(26)25-18-8-9-19(25)16-21(15-18)28-20-11-13-24-14-12-20/h3-6,11-14,18-19,21H,2,7-10,15-16H2,1H3. The van der Waals surface area contributed by atoms with Crippen LogP contribution in [0.15, 0.2) is 48.8 Å². The van der Waals surface area contributed by atoms with Gasteiger partial charge in [-0.15, -0.1) is 0 Å². The number of benzene rings is 1. The number of carbonyl (C=O) groups excluding carboxylic acids is 1. The van der Waals surface area contributed by atoms with Gasteiger partial charge in [-0.25, -0.2) is 0 Å². The van der Waals surface area contributed by atoms with Gasteiger partial charge in [0.15, 0.2) is 0 Å². The fraction of sp³-hybridized carbons (Fsp3) is 0.478. The summed E-state index contributed by atoms with van der Waals surface area (Å²) in [5.74, 6) is 2.03. The number of hydrogen-bond acceptors (Lipinski definition) is 4. The molecule has 2 saturated heterocycles. The van der Waals surface area contributed by atoms with E-state index in [1.165, 1.54) is 0 Å². The summed E-state index contributed by atoms with van der Waals surface area (Å²) in [6, 6.07) is 12.4. The number of piperidine rings is 1. The number of ether oxygens (including phenoxy) is 2. The molecule has 0 radical (unpaired) electrons. The largest absolute Gasteiger partial charge is 0.494 e. The molecule has 1 aromatic heterocycles. The molecule has 2 atom stereocenters. The molecule has 148 valence electrons. The molecular weight excluding hydrogens is 352 g/mol. The first kappa shape index (κ1) is 18.8. The Hall–Kier alpha value is -2.56. The number of fused-ring (bicyclic) bond motifs is 2. The van der Waals surface area contributed by atoms with Crippen LogP contribution >= 0.6 is 0 Å². The number of rotatable bonds is 7. The lowest BCUT2D eigenvalue weighted by molar-refractivity contribution is -0.137. The van der Waals surface area contributed by atoms with Gasteiger partial charge >= 0.3 is 0 Å². The molecule has 2 unspecified atom stereocenters. The Bertz CT molecular complexity index is 781. The summed E-state index contributed by atoms with van der Waals surface area (Å²) in [5.41, 5.74) is 1.11. The summed E-state index contributed by atoms with van der Waals surface area (Å²) < 4.78 is 11.8. The van der Waals surface area contributed by atoms with Gasteiger partial charge in [0.2, 0.25) is 5.91 Å². The van der Waals surface area contributed by atoms with Gasteiger partial charge in [0, 0.05) is 43.7 Å². The number of aryl methyl sites for hydroxylation is 1. The van der Waals surface area contributed by atoms with Crippen LogP contribution in [0.3, 0.4) is 0 Å². The second kappa shape index (κ2) is 8.63. The maximum absolute atomic E-state index is 13.0. The minimum atomic E-state index is 0.183. The molecule has 1 amide bonds. The maximum Gasteiger partial charge on any atom is 0.223 e. The van der Waals surface area contributed by atoms with E-state index in [-0.39, 0.29) is 12.0 Å². The van der Waals surface area contributed by atoms with Crippen molar-refractivity contribution in [1.82, 2.24) is 9.88 Å². The lowest BCUT2D eigenvalue weighted by atomic mass is 9.98. The zero-order valence-corrected chi connectivity index (χ0v) is 16.4. The SMILES string of the molecule is CCOc1ccccc1CCC(=O)N1C2CCC1CC(Oc1ccncc1)C2. The van der Waals surface area contributed by atoms with Crippen molar-refractivity contribution in [1.29, 1.82) is 0 Å². The average molecular weight is 380 g/mol. The monoisotopic (exact) mass is 380 g/mol. The van der Waals surface area contributed by atoms with E-state index in [9.17, 15) is 4.79 Å². The number of aromatic nitrogens is 1. The smallest absolute Gasteiger partial charge is 0.223 e. The molecule has 5 heteroatoms. The normalized spacial score (nSPS) is 23.5. The molecule has 4 rings (SSSR count). The number of hydrogen-bond donors (Lipinski definition) is 0. The van der Waals surface area contributed by atoms with Crippen molar-refractivity contribution in [3.8, 4) is 11.5 Å². The van der Waals surface area contributed by atoms with Crippen LogP contribution in [-0.2, 0) is 11.2 Å². The summed E-state index contributed by atoms with van der Waals surface area (Å²) in [7, 11) is 0. The van der Waals surface area contributed by atoms with Gasteiger partial charge in [0.25, 0.3) is 0 Å². The predicted molar refractivity (Wildman–Crippen MR) is 107 cm³/mol. The average Bonchev–Trinajstić information content (AvgIpc) is 2.99. The van der Waals surface area contributed by atoms with Gasteiger partial charge < -0.3 is 14.4 Å². The predicted octanol–water partition coefficient (Wildman–Crippen LogP) is 4.01. The highest BCUT2D eigenvalue weighted by molar-refractivity contribution is 5.77. The van der Waals surface area contributed by atoms with E-state index in [1.807, 2.05) is 37.3 Å². The van der Waals surface area contributed by atoms with Crippen molar-refractivity contribution in [2.75, 3.05) is 6.61 Å². The molecule has 28 heavy (non-hydrogen) atoms. The molecule has 2 aromatic rings. The first-order valence-corrected chi connectivity index (χ1v) is 10.3. The number of amides is 1. The molecule has 3 heterocycles. The van der Waals surface area contributed by atoms with Crippen molar-refractivity contribution in [2.24, 2.45) is 0 Å². The third kappa shape index (κ3) is 4.13. The van der Waals surface area contributed by atoms with Crippen LogP contribution in [0.25, 0.3) is 0 Å². The van der Waals surface area contributed by atoms with E-state index < -0.39 is 0 Å². The van der Waals surface area contributed by atoms with E-state index in [1.54, 1.807) is 12.4 Å². The van der Waals surface area contributed by atoms with Crippen LogP contribution in [-0.4, -0.2) is 40.6 Å². The Kier molecular flexibility index (Phi) is 5.79. The molecule has 5 nitrogen and oxygen atoms in total. The molecule has 2 aliphatic heterocycles. The van der Waals surface area contributed by atoms with Crippen LogP contribution in [0, 0.1) is 0 Å². The highest BCUT2D eigenvalue weighted by Crippen LogP contribution is 2.38. The second-order valence-electron chi connectivity index (χ2n) is 7.62. The maximum atomic E-state index is 13.0. The number of pyridine rings is 1. The fourth-order valence-corrected chi connectivity index (χ4v) is 4.62. The lowest BCUT2D eigenvalue weighted by Gasteiger charge is -2.39. The topological polar surface area (TPSA) is 51.7 Å². The summed E-state index contributed by atoms with van der Waals surface area (Å²) in [4.78, 5) is 19.2. The summed E-state index contributed by atoms with van der Waals surface area (Å²) >= 11 is 0. The van der Waals surface area contributed by atoms with Crippen molar-refractivity contribution < 1.29 is 14.3 Å². The van der Waals surface area contributed by atoms with Gasteiger partial charge in [-0.05, 0) is 49.9 Å². The van der Waals surface area contributed by atoms with Crippen LogP contribution < -0.4 is 9.47 Å². The highest BCUT2D eigenvalue weighted by atomic mass is 16.5. The summed E-state index contributed by atoms with van der Waals surface area (Å²) in [6.45, 7) is 2.62. The molecule has 0 aliphatic carbocycles. The zero-order chi connectivity index (χ0) is 19.3. The molecular formula is C23H28N2O3. The van der Waals surface area contributed by atoms with Crippen molar-refractivity contribution in [3.63, 3.8) is 0 Å². The Morgan fingerprint density at radius 3 is 2.54 bits per heavy atom. The van der Waals surface area contributed by atoms with E-state index in [2.05, 4.69) is 16.0 Å². The van der Waals surface area contributed by atoms with Gasteiger partial charge in [-0.3, -0.25) is 9.78 Å². The Morgan fingerprint density at radius 1 is 1.11 bits per heavy atom. The number of nitrogens with zero attached hydrogens (tertiary/aromatic N) is 2. The van der Waals surface area contributed by atoms with Crippen LogP contribution in [0.1, 0.15) is 44.6 Å². The lowest BCUT2D eigenvalue weighted by Crippen LogP contribution is -2.49. The molecule has 2 bridgehead atoms. The second-order valence-corrected chi connectivity index (χ2v) is 7.62. The van der Waals surface area contributed by atoms with Crippen molar-refractivity contribution in [2.45, 2.75) is 63.6 Å². The van der Waals surface area contributed by atoms with Crippen molar-refractivity contribution >= 4 is 5.91 Å². The zero-order valence-electron chi connectivity index (χ0n) is 16.4. The Morgan fingerprint density at radius 2 is 1.82 bits per heavy atom. The first-order chi connectivity index (χ1) is 13.7. The van der Waals surface area contributed by atoms with E-state index in [4.69, 9.17) is 9.47 Å². The third-order valence-corrected chi connectivity index (χ3v) is 5.81. The van der Waals surface area contributed by atoms with Gasteiger partial charge in [-0.1, -0.05) is 18.2 Å². The third-order valence-electron chi connectivity index (χ3n) is 5.81.